The summed E-state index contributed by atoms with van der Waals surface area (Å²) in [6, 6.07) is 1.12. The fourth-order valence-electron chi connectivity index (χ4n) is 2.72. The number of halogens is 3. The van der Waals surface area contributed by atoms with E-state index >= 15 is 0 Å². The van der Waals surface area contributed by atoms with Crippen molar-refractivity contribution in [2.75, 3.05) is 19.6 Å². The van der Waals surface area contributed by atoms with Crippen LogP contribution in [0.1, 0.15) is 32.1 Å². The molecule has 2 heterocycles. The Labute approximate surface area is 94.2 Å². The van der Waals surface area contributed by atoms with E-state index in [1.54, 1.807) is 0 Å². The van der Waals surface area contributed by atoms with Gasteiger partial charge in [-0.15, -0.1) is 0 Å². The predicted octanol–water partition coefficient (Wildman–Crippen LogP) is 2.16. The maximum absolute atomic E-state index is 12.0. The predicted molar refractivity (Wildman–Crippen MR) is 56.3 cm³/mol. The molecule has 2 nitrogen and oxygen atoms in total. The smallest absolute Gasteiger partial charge is 0.310 e. The number of nitrogens with zero attached hydrogens (tertiary/aromatic N) is 1. The van der Waals surface area contributed by atoms with Gasteiger partial charge >= 0.3 is 6.18 Å². The summed E-state index contributed by atoms with van der Waals surface area (Å²) < 4.78 is 36.0. The Kier molecular flexibility index (Phi) is 3.74. The maximum Gasteiger partial charge on any atom is 0.389 e. The van der Waals surface area contributed by atoms with Gasteiger partial charge in [0.25, 0.3) is 0 Å². The van der Waals surface area contributed by atoms with Crippen LogP contribution in [0.3, 0.4) is 0 Å². The fourth-order valence-corrected chi connectivity index (χ4v) is 2.72. The molecule has 2 saturated heterocycles. The van der Waals surface area contributed by atoms with Crippen molar-refractivity contribution < 1.29 is 13.2 Å². The molecule has 2 rings (SSSR count). The summed E-state index contributed by atoms with van der Waals surface area (Å²) in [4.78, 5) is 2.18. The van der Waals surface area contributed by atoms with Crippen LogP contribution in [0.15, 0.2) is 0 Å². The zero-order chi connectivity index (χ0) is 11.6. The molecule has 2 aliphatic heterocycles. The first kappa shape index (κ1) is 12.2. The first-order chi connectivity index (χ1) is 7.53. The number of nitrogens with one attached hydrogen (secondary N) is 1. The molecule has 2 atom stereocenters. The molecule has 0 radical (unpaired) electrons. The van der Waals surface area contributed by atoms with Crippen LogP contribution < -0.4 is 5.32 Å². The Bertz CT molecular complexity index is 230. The molecule has 0 aromatic heterocycles. The number of rotatable bonds is 3. The third kappa shape index (κ3) is 3.63. The second-order valence-corrected chi connectivity index (χ2v) is 4.95. The summed E-state index contributed by atoms with van der Waals surface area (Å²) in [5, 5.41) is 3.53. The van der Waals surface area contributed by atoms with Gasteiger partial charge in [-0.1, -0.05) is 0 Å². The minimum Gasteiger partial charge on any atom is -0.310 e. The van der Waals surface area contributed by atoms with Gasteiger partial charge in [-0.25, -0.2) is 0 Å². The van der Waals surface area contributed by atoms with E-state index in [9.17, 15) is 13.2 Å². The van der Waals surface area contributed by atoms with Gasteiger partial charge in [-0.2, -0.15) is 13.2 Å². The van der Waals surface area contributed by atoms with Crippen LogP contribution >= 0.6 is 0 Å². The first-order valence-electron chi connectivity index (χ1n) is 6.08. The van der Waals surface area contributed by atoms with Crippen molar-refractivity contribution in [1.82, 2.24) is 10.2 Å². The van der Waals surface area contributed by atoms with Crippen molar-refractivity contribution in [1.29, 1.82) is 0 Å². The highest BCUT2D eigenvalue weighted by Gasteiger charge is 2.30. The number of fused-ring (bicyclic) bond motifs is 2. The van der Waals surface area contributed by atoms with Crippen molar-refractivity contribution in [2.24, 2.45) is 0 Å². The molecule has 2 fully saturated rings. The van der Waals surface area contributed by atoms with E-state index in [0.717, 1.165) is 19.5 Å². The third-order valence-electron chi connectivity index (χ3n) is 3.54. The molecule has 2 aliphatic rings. The largest absolute Gasteiger partial charge is 0.389 e. The van der Waals surface area contributed by atoms with Crippen molar-refractivity contribution in [3.8, 4) is 0 Å². The van der Waals surface area contributed by atoms with Gasteiger partial charge in [0, 0.05) is 25.0 Å². The molecule has 0 aliphatic carbocycles. The Morgan fingerprint density at radius 3 is 2.62 bits per heavy atom. The lowest BCUT2D eigenvalue weighted by atomic mass is 10.1. The number of hydrogen-bond acceptors (Lipinski definition) is 2. The minimum absolute atomic E-state index is 0.237. The molecular weight excluding hydrogens is 217 g/mol. The molecule has 1 N–H and O–H groups in total. The lowest BCUT2D eigenvalue weighted by Gasteiger charge is -2.23. The highest BCUT2D eigenvalue weighted by Crippen LogP contribution is 2.23. The van der Waals surface area contributed by atoms with Crippen molar-refractivity contribution >= 4 is 0 Å². The standard InChI is InChI=1S/C11H19F3N2/c12-11(13,14)5-1-6-16-7-4-9-2-3-10(8-16)15-9/h9-10,15H,1-8H2. The molecule has 2 unspecified atom stereocenters. The number of likely N-dealkylation sites (tertiary alicyclic amines) is 1. The topological polar surface area (TPSA) is 15.3 Å². The van der Waals surface area contributed by atoms with Crippen LogP contribution in [0.25, 0.3) is 0 Å². The Balaban J connectivity index is 1.70. The molecule has 0 saturated carbocycles. The SMILES string of the molecule is FC(F)(F)CCCN1CCC2CCC(C1)N2. The summed E-state index contributed by atoms with van der Waals surface area (Å²) in [7, 11) is 0. The van der Waals surface area contributed by atoms with Crippen molar-refractivity contribution in [2.45, 2.75) is 50.4 Å². The summed E-state index contributed by atoms with van der Waals surface area (Å²) in [6.45, 7) is 2.46. The van der Waals surface area contributed by atoms with E-state index in [1.807, 2.05) is 0 Å². The average Bonchev–Trinajstić information content (AvgIpc) is 2.48. The zero-order valence-corrected chi connectivity index (χ0v) is 9.39. The van der Waals surface area contributed by atoms with Crippen LogP contribution in [0.2, 0.25) is 0 Å². The Hall–Kier alpha value is -0.290. The van der Waals surface area contributed by atoms with E-state index in [1.165, 1.54) is 12.8 Å². The van der Waals surface area contributed by atoms with E-state index in [2.05, 4.69) is 10.2 Å². The van der Waals surface area contributed by atoms with Crippen LogP contribution in [0, 0.1) is 0 Å². The molecular formula is C11H19F3N2. The van der Waals surface area contributed by atoms with E-state index < -0.39 is 12.6 Å². The Morgan fingerprint density at radius 2 is 1.88 bits per heavy atom. The van der Waals surface area contributed by atoms with Gasteiger partial charge < -0.3 is 10.2 Å². The number of hydrogen-bond donors (Lipinski definition) is 1. The molecule has 0 aromatic rings. The first-order valence-corrected chi connectivity index (χ1v) is 6.08. The molecule has 0 aromatic carbocycles. The van der Waals surface area contributed by atoms with Gasteiger partial charge in [0.05, 0.1) is 0 Å². The maximum atomic E-state index is 12.0. The van der Waals surface area contributed by atoms with Crippen LogP contribution in [0.4, 0.5) is 13.2 Å². The van der Waals surface area contributed by atoms with Gasteiger partial charge in [0.2, 0.25) is 0 Å². The normalized spacial score (nSPS) is 31.7. The van der Waals surface area contributed by atoms with Crippen LogP contribution in [0.5, 0.6) is 0 Å². The molecule has 5 heteroatoms. The second kappa shape index (κ2) is 4.92. The molecule has 0 amide bonds. The van der Waals surface area contributed by atoms with Crippen LogP contribution in [-0.4, -0.2) is 42.8 Å². The molecule has 94 valence electrons. The fraction of sp³-hybridized carbons (Fsp3) is 1.00. The monoisotopic (exact) mass is 236 g/mol. The third-order valence-corrected chi connectivity index (χ3v) is 3.54. The lowest BCUT2D eigenvalue weighted by molar-refractivity contribution is -0.136. The molecule has 2 bridgehead atoms. The molecule has 16 heavy (non-hydrogen) atoms. The molecule has 0 spiro atoms. The summed E-state index contributed by atoms with van der Waals surface area (Å²) in [6.07, 6.45) is -0.904. The summed E-state index contributed by atoms with van der Waals surface area (Å²) in [5.41, 5.74) is 0. The van der Waals surface area contributed by atoms with Gasteiger partial charge in [0.1, 0.15) is 0 Å². The summed E-state index contributed by atoms with van der Waals surface area (Å²) >= 11 is 0. The zero-order valence-electron chi connectivity index (χ0n) is 9.39. The number of alkyl halides is 3. The highest BCUT2D eigenvalue weighted by molar-refractivity contribution is 4.89. The average molecular weight is 236 g/mol. The quantitative estimate of drug-likeness (QED) is 0.807. The minimum atomic E-state index is -4.00. The van der Waals surface area contributed by atoms with Crippen molar-refractivity contribution in [3.05, 3.63) is 0 Å². The van der Waals surface area contributed by atoms with E-state index in [0.29, 0.717) is 18.6 Å². The second-order valence-electron chi connectivity index (χ2n) is 4.95. The Morgan fingerprint density at radius 1 is 1.12 bits per heavy atom. The lowest BCUT2D eigenvalue weighted by Crippen LogP contribution is -2.36. The van der Waals surface area contributed by atoms with E-state index in [-0.39, 0.29) is 6.42 Å². The van der Waals surface area contributed by atoms with Crippen molar-refractivity contribution in [3.63, 3.8) is 0 Å². The van der Waals surface area contributed by atoms with E-state index in [4.69, 9.17) is 0 Å². The summed E-state index contributed by atoms with van der Waals surface area (Å²) in [5.74, 6) is 0. The highest BCUT2D eigenvalue weighted by atomic mass is 19.4. The van der Waals surface area contributed by atoms with Gasteiger partial charge in [0.15, 0.2) is 0 Å². The van der Waals surface area contributed by atoms with Crippen LogP contribution in [-0.2, 0) is 0 Å². The van der Waals surface area contributed by atoms with Gasteiger partial charge in [-0.3, -0.25) is 0 Å². The van der Waals surface area contributed by atoms with Gasteiger partial charge in [-0.05, 0) is 38.8 Å².